The lowest BCUT2D eigenvalue weighted by Crippen LogP contribution is -2.36. The molecule has 0 aliphatic heterocycles. The van der Waals surface area contributed by atoms with E-state index in [1.54, 1.807) is 19.1 Å². The van der Waals surface area contributed by atoms with Gasteiger partial charge in [0, 0.05) is 17.6 Å². The molecule has 1 amide bonds. The van der Waals surface area contributed by atoms with Gasteiger partial charge in [0.15, 0.2) is 6.10 Å². The van der Waals surface area contributed by atoms with Crippen LogP contribution in [-0.2, 0) is 4.79 Å². The van der Waals surface area contributed by atoms with E-state index in [9.17, 15) is 4.79 Å². The summed E-state index contributed by atoms with van der Waals surface area (Å²) in [6, 6.07) is 6.67. The van der Waals surface area contributed by atoms with Crippen molar-refractivity contribution in [3.05, 3.63) is 28.8 Å². The van der Waals surface area contributed by atoms with Crippen molar-refractivity contribution in [2.24, 2.45) is 0 Å². The molecule has 17 heavy (non-hydrogen) atoms. The van der Waals surface area contributed by atoms with Gasteiger partial charge in [-0.15, -0.1) is 0 Å². The number of nitriles is 1. The molecule has 1 unspecified atom stereocenters. The van der Waals surface area contributed by atoms with Gasteiger partial charge in [0.1, 0.15) is 11.8 Å². The van der Waals surface area contributed by atoms with Gasteiger partial charge < -0.3 is 10.1 Å². The molecule has 0 aromatic heterocycles. The highest BCUT2D eigenvalue weighted by Gasteiger charge is 2.15. The van der Waals surface area contributed by atoms with E-state index in [4.69, 9.17) is 21.6 Å². The van der Waals surface area contributed by atoms with Gasteiger partial charge in [-0.05, 0) is 26.0 Å². The second kappa shape index (κ2) is 6.12. The highest BCUT2D eigenvalue weighted by molar-refractivity contribution is 6.30. The number of amides is 1. The van der Waals surface area contributed by atoms with Crippen molar-refractivity contribution in [3.63, 3.8) is 0 Å². The molecule has 0 saturated carbocycles. The maximum absolute atomic E-state index is 11.5. The van der Waals surface area contributed by atoms with E-state index in [0.717, 1.165) is 0 Å². The van der Waals surface area contributed by atoms with Crippen LogP contribution in [0.2, 0.25) is 5.02 Å². The number of benzene rings is 1. The molecular formula is C12H13ClN2O2. The Balaban J connectivity index is 2.84. The molecule has 4 nitrogen and oxygen atoms in total. The zero-order valence-electron chi connectivity index (χ0n) is 9.66. The third-order valence-electron chi connectivity index (χ3n) is 2.09. The molecule has 0 heterocycles. The summed E-state index contributed by atoms with van der Waals surface area (Å²) in [5, 5.41) is 12.0. The van der Waals surface area contributed by atoms with Crippen molar-refractivity contribution in [2.45, 2.75) is 20.0 Å². The van der Waals surface area contributed by atoms with Gasteiger partial charge in [-0.1, -0.05) is 11.6 Å². The summed E-state index contributed by atoms with van der Waals surface area (Å²) in [7, 11) is 0. The van der Waals surface area contributed by atoms with E-state index >= 15 is 0 Å². The number of hydrogen-bond acceptors (Lipinski definition) is 3. The van der Waals surface area contributed by atoms with Gasteiger partial charge in [-0.2, -0.15) is 5.26 Å². The quantitative estimate of drug-likeness (QED) is 0.893. The van der Waals surface area contributed by atoms with Crippen molar-refractivity contribution in [1.82, 2.24) is 5.32 Å². The lowest BCUT2D eigenvalue weighted by Gasteiger charge is -2.15. The molecule has 0 spiro atoms. The van der Waals surface area contributed by atoms with Gasteiger partial charge in [0.25, 0.3) is 5.91 Å². The van der Waals surface area contributed by atoms with Crippen LogP contribution in [0.4, 0.5) is 0 Å². The summed E-state index contributed by atoms with van der Waals surface area (Å²) in [4.78, 5) is 11.5. The van der Waals surface area contributed by atoms with Crippen LogP contribution in [0.15, 0.2) is 18.2 Å². The predicted octanol–water partition coefficient (Wildman–Crippen LogP) is 2.12. The third kappa shape index (κ3) is 3.65. The number of carbonyl (C=O) groups excluding carboxylic acids is 1. The van der Waals surface area contributed by atoms with Crippen molar-refractivity contribution in [3.8, 4) is 11.8 Å². The highest BCUT2D eigenvalue weighted by Crippen LogP contribution is 2.23. The number of likely N-dealkylation sites (N-methyl/N-ethyl adjacent to an activating group) is 1. The molecular weight excluding hydrogens is 240 g/mol. The Morgan fingerprint density at radius 2 is 2.35 bits per heavy atom. The fraction of sp³-hybridized carbons (Fsp3) is 0.333. The van der Waals surface area contributed by atoms with E-state index in [1.165, 1.54) is 6.07 Å². The van der Waals surface area contributed by atoms with Crippen LogP contribution < -0.4 is 10.1 Å². The molecule has 1 aromatic carbocycles. The number of halogens is 1. The molecule has 5 heteroatoms. The highest BCUT2D eigenvalue weighted by atomic mass is 35.5. The first-order chi connectivity index (χ1) is 8.08. The topological polar surface area (TPSA) is 62.1 Å². The maximum Gasteiger partial charge on any atom is 0.260 e. The maximum atomic E-state index is 11.5. The predicted molar refractivity (Wildman–Crippen MR) is 64.9 cm³/mol. The number of nitrogens with zero attached hydrogens (tertiary/aromatic N) is 1. The fourth-order valence-corrected chi connectivity index (χ4v) is 1.41. The van der Waals surface area contributed by atoms with E-state index in [0.29, 0.717) is 22.9 Å². The van der Waals surface area contributed by atoms with Gasteiger partial charge in [0.2, 0.25) is 0 Å². The molecule has 90 valence electrons. The Hall–Kier alpha value is -1.73. The molecule has 0 radical (unpaired) electrons. The van der Waals surface area contributed by atoms with Crippen LogP contribution in [0, 0.1) is 11.3 Å². The minimum atomic E-state index is -0.666. The third-order valence-corrected chi connectivity index (χ3v) is 2.32. The molecule has 1 N–H and O–H groups in total. The Labute approximate surface area is 105 Å². The van der Waals surface area contributed by atoms with E-state index in [2.05, 4.69) is 5.32 Å². The minimum Gasteiger partial charge on any atom is -0.479 e. The summed E-state index contributed by atoms with van der Waals surface area (Å²) in [5.41, 5.74) is 0.352. The zero-order chi connectivity index (χ0) is 12.8. The van der Waals surface area contributed by atoms with Crippen molar-refractivity contribution in [1.29, 1.82) is 5.26 Å². The monoisotopic (exact) mass is 252 g/mol. The summed E-state index contributed by atoms with van der Waals surface area (Å²) >= 11 is 5.81. The second-order valence-corrected chi connectivity index (χ2v) is 3.84. The van der Waals surface area contributed by atoms with Gasteiger partial charge >= 0.3 is 0 Å². The summed E-state index contributed by atoms with van der Waals surface area (Å²) in [6.07, 6.45) is -0.666. The normalized spacial score (nSPS) is 11.4. The van der Waals surface area contributed by atoms with Gasteiger partial charge in [-0.25, -0.2) is 0 Å². The number of ether oxygens (including phenoxy) is 1. The minimum absolute atomic E-state index is 0.226. The van der Waals surface area contributed by atoms with Crippen molar-refractivity contribution < 1.29 is 9.53 Å². The smallest absolute Gasteiger partial charge is 0.260 e. The van der Waals surface area contributed by atoms with Crippen molar-refractivity contribution in [2.75, 3.05) is 6.54 Å². The molecule has 1 atom stereocenters. The average Bonchev–Trinajstić information content (AvgIpc) is 2.29. The summed E-state index contributed by atoms with van der Waals surface area (Å²) < 4.78 is 5.41. The number of carbonyl (C=O) groups is 1. The molecule has 0 saturated heterocycles. The fourth-order valence-electron chi connectivity index (χ4n) is 1.25. The van der Waals surface area contributed by atoms with E-state index in [-0.39, 0.29) is 5.91 Å². The SMILES string of the molecule is CCNC(=O)C(C)Oc1cc(Cl)ccc1C#N. The molecule has 1 rings (SSSR count). The first-order valence-electron chi connectivity index (χ1n) is 5.22. The Morgan fingerprint density at radius 3 is 2.94 bits per heavy atom. The molecule has 0 bridgehead atoms. The summed E-state index contributed by atoms with van der Waals surface area (Å²) in [6.45, 7) is 3.98. The van der Waals surface area contributed by atoms with Crippen LogP contribution in [0.1, 0.15) is 19.4 Å². The first kappa shape index (κ1) is 13.3. The molecule has 1 aromatic rings. The molecule has 0 aliphatic rings. The number of nitrogens with one attached hydrogen (secondary N) is 1. The van der Waals surface area contributed by atoms with Gasteiger partial charge in [-0.3, -0.25) is 4.79 Å². The van der Waals surface area contributed by atoms with Crippen molar-refractivity contribution >= 4 is 17.5 Å². The Bertz CT molecular complexity index is 454. The number of rotatable bonds is 4. The van der Waals surface area contributed by atoms with Crippen LogP contribution >= 0.6 is 11.6 Å². The van der Waals surface area contributed by atoms with Crippen LogP contribution in [0.5, 0.6) is 5.75 Å². The van der Waals surface area contributed by atoms with Crippen LogP contribution in [0.3, 0.4) is 0 Å². The van der Waals surface area contributed by atoms with E-state index in [1.807, 2.05) is 13.0 Å². The average molecular weight is 253 g/mol. The largest absolute Gasteiger partial charge is 0.479 e. The summed E-state index contributed by atoms with van der Waals surface area (Å²) in [5.74, 6) is 0.0927. The second-order valence-electron chi connectivity index (χ2n) is 3.41. The number of hydrogen-bond donors (Lipinski definition) is 1. The first-order valence-corrected chi connectivity index (χ1v) is 5.60. The lowest BCUT2D eigenvalue weighted by atomic mass is 10.2. The standard InChI is InChI=1S/C12H13ClN2O2/c1-3-15-12(16)8(2)17-11-6-10(13)5-4-9(11)7-14/h4-6,8H,3H2,1-2H3,(H,15,16). The molecule has 0 fully saturated rings. The lowest BCUT2D eigenvalue weighted by molar-refractivity contribution is -0.127. The molecule has 0 aliphatic carbocycles. The Kier molecular flexibility index (Phi) is 4.80. The van der Waals surface area contributed by atoms with Crippen LogP contribution in [0.25, 0.3) is 0 Å². The van der Waals surface area contributed by atoms with E-state index < -0.39 is 6.10 Å². The van der Waals surface area contributed by atoms with Gasteiger partial charge in [0.05, 0.1) is 5.56 Å². The van der Waals surface area contributed by atoms with Crippen LogP contribution in [-0.4, -0.2) is 18.6 Å². The zero-order valence-corrected chi connectivity index (χ0v) is 10.4. The Morgan fingerprint density at radius 1 is 1.65 bits per heavy atom.